The van der Waals surface area contributed by atoms with Gasteiger partial charge >= 0.3 is 0 Å². The van der Waals surface area contributed by atoms with E-state index < -0.39 is 0 Å². The van der Waals surface area contributed by atoms with Crippen molar-refractivity contribution in [3.05, 3.63) is 169 Å². The molecule has 0 saturated heterocycles. The molecule has 3 heteroatoms. The van der Waals surface area contributed by atoms with Crippen molar-refractivity contribution in [2.24, 2.45) is 0 Å². The van der Waals surface area contributed by atoms with Crippen molar-refractivity contribution in [2.75, 3.05) is 0 Å². The summed E-state index contributed by atoms with van der Waals surface area (Å²) >= 11 is 0. The van der Waals surface area contributed by atoms with E-state index in [2.05, 4.69) is 153 Å². The normalized spacial score (nSPS) is 13.3. The molecule has 1 aliphatic rings. The van der Waals surface area contributed by atoms with Gasteiger partial charge in [-0.05, 0) is 67.9 Å². The molecule has 0 amide bonds. The highest BCUT2D eigenvalue weighted by molar-refractivity contribution is 6.23. The number of hydrogen-bond acceptors (Lipinski definition) is 3. The number of fused-ring (bicyclic) bond motifs is 12. The van der Waals surface area contributed by atoms with Crippen LogP contribution >= 0.6 is 0 Å². The van der Waals surface area contributed by atoms with Gasteiger partial charge in [0.15, 0.2) is 0 Å². The molecular weight excluding hydrogens is 633 g/mol. The number of nitrogens with zero attached hydrogens (tertiary/aromatic N) is 2. The Bertz CT molecular complexity index is 3060. The van der Waals surface area contributed by atoms with Crippen molar-refractivity contribution < 1.29 is 4.42 Å². The van der Waals surface area contributed by atoms with Gasteiger partial charge in [0.2, 0.25) is 0 Å². The largest absolute Gasteiger partial charge is 0.455 e. The second kappa shape index (κ2) is 10.7. The SMILES string of the molecule is CC1(C)c2cc(-c3ccc(-c4cccc5c4oc4ccccc45)cc3)ccc2-c2ccc(-c3cnc4c5ccccc5c5ccccc5c4n3)cc21. The van der Waals surface area contributed by atoms with Gasteiger partial charge in [-0.25, -0.2) is 4.98 Å². The molecule has 3 nitrogen and oxygen atoms in total. The zero-order chi connectivity index (χ0) is 34.6. The summed E-state index contributed by atoms with van der Waals surface area (Å²) in [7, 11) is 0. The summed E-state index contributed by atoms with van der Waals surface area (Å²) < 4.78 is 6.34. The zero-order valence-corrected chi connectivity index (χ0v) is 28.8. The third kappa shape index (κ3) is 4.14. The van der Waals surface area contributed by atoms with Crippen LogP contribution in [0.1, 0.15) is 25.0 Å². The lowest BCUT2D eigenvalue weighted by Gasteiger charge is -2.22. The van der Waals surface area contributed by atoms with Gasteiger partial charge in [0.1, 0.15) is 11.2 Å². The number of aromatic nitrogens is 2. The molecule has 0 saturated carbocycles. The average molecular weight is 665 g/mol. The maximum atomic E-state index is 6.34. The smallest absolute Gasteiger partial charge is 0.143 e. The minimum Gasteiger partial charge on any atom is -0.455 e. The topological polar surface area (TPSA) is 38.9 Å². The number of benzene rings is 8. The van der Waals surface area contributed by atoms with Crippen LogP contribution in [-0.2, 0) is 5.41 Å². The van der Waals surface area contributed by atoms with Gasteiger partial charge < -0.3 is 4.42 Å². The predicted molar refractivity (Wildman–Crippen MR) is 216 cm³/mol. The number of furan rings is 1. The van der Waals surface area contributed by atoms with Gasteiger partial charge in [0.25, 0.3) is 0 Å². The molecule has 0 N–H and O–H groups in total. The van der Waals surface area contributed by atoms with Gasteiger partial charge in [-0.1, -0.05) is 147 Å². The van der Waals surface area contributed by atoms with Crippen molar-refractivity contribution in [1.29, 1.82) is 0 Å². The first-order valence-corrected chi connectivity index (χ1v) is 17.9. The lowest BCUT2D eigenvalue weighted by molar-refractivity contribution is 0.661. The van der Waals surface area contributed by atoms with Gasteiger partial charge in [0.05, 0.1) is 22.9 Å². The minimum atomic E-state index is -0.180. The monoisotopic (exact) mass is 664 g/mol. The minimum absolute atomic E-state index is 0.180. The Balaban J connectivity index is 0.957. The van der Waals surface area contributed by atoms with E-state index >= 15 is 0 Å². The molecule has 0 radical (unpaired) electrons. The zero-order valence-electron chi connectivity index (χ0n) is 28.8. The van der Waals surface area contributed by atoms with E-state index in [0.717, 1.165) is 66.1 Å². The van der Waals surface area contributed by atoms with Gasteiger partial charge in [-0.3, -0.25) is 4.98 Å². The summed E-state index contributed by atoms with van der Waals surface area (Å²) in [5.41, 5.74) is 15.4. The van der Waals surface area contributed by atoms with Crippen molar-refractivity contribution in [3.8, 4) is 44.6 Å². The molecule has 52 heavy (non-hydrogen) atoms. The van der Waals surface area contributed by atoms with Gasteiger partial charge in [-0.2, -0.15) is 0 Å². The Hall–Kier alpha value is -6.58. The molecule has 244 valence electrons. The molecule has 0 unspecified atom stereocenters. The Kier molecular flexibility index (Phi) is 6.01. The Morgan fingerprint density at radius 2 is 1.00 bits per heavy atom. The van der Waals surface area contributed by atoms with Crippen molar-refractivity contribution in [1.82, 2.24) is 9.97 Å². The molecule has 2 aromatic heterocycles. The molecule has 11 rings (SSSR count). The fourth-order valence-corrected chi connectivity index (χ4v) is 8.66. The number of para-hydroxylation sites is 2. The van der Waals surface area contributed by atoms with E-state index in [9.17, 15) is 0 Å². The molecule has 8 aromatic carbocycles. The van der Waals surface area contributed by atoms with E-state index in [0.29, 0.717) is 0 Å². The van der Waals surface area contributed by atoms with Crippen LogP contribution in [0, 0.1) is 0 Å². The lowest BCUT2D eigenvalue weighted by Crippen LogP contribution is -2.15. The fraction of sp³-hybridized carbons (Fsp3) is 0.0612. The van der Waals surface area contributed by atoms with Crippen molar-refractivity contribution >= 4 is 54.5 Å². The summed E-state index contributed by atoms with van der Waals surface area (Å²) in [4.78, 5) is 10.3. The van der Waals surface area contributed by atoms with Crippen LogP contribution in [0.4, 0.5) is 0 Å². The highest BCUT2D eigenvalue weighted by Crippen LogP contribution is 2.51. The van der Waals surface area contributed by atoms with E-state index in [4.69, 9.17) is 14.4 Å². The molecule has 10 aromatic rings. The fourth-order valence-electron chi connectivity index (χ4n) is 8.66. The summed E-state index contributed by atoms with van der Waals surface area (Å²) in [6.07, 6.45) is 1.94. The maximum Gasteiger partial charge on any atom is 0.143 e. The van der Waals surface area contributed by atoms with E-state index in [-0.39, 0.29) is 5.41 Å². The molecule has 0 atom stereocenters. The first-order valence-electron chi connectivity index (χ1n) is 17.9. The average Bonchev–Trinajstić information content (AvgIpc) is 3.69. The quantitative estimate of drug-likeness (QED) is 0.176. The number of hydrogen-bond donors (Lipinski definition) is 0. The first kappa shape index (κ1) is 29.2. The Labute approximate surface area is 300 Å². The molecule has 0 spiro atoms. The van der Waals surface area contributed by atoms with Crippen LogP contribution in [0.25, 0.3) is 99.2 Å². The van der Waals surface area contributed by atoms with Gasteiger partial charge in [-0.15, -0.1) is 0 Å². The predicted octanol–water partition coefficient (Wildman–Crippen LogP) is 13.1. The van der Waals surface area contributed by atoms with Crippen LogP contribution in [0.5, 0.6) is 0 Å². The third-order valence-electron chi connectivity index (χ3n) is 11.3. The van der Waals surface area contributed by atoms with E-state index in [1.54, 1.807) is 0 Å². The van der Waals surface area contributed by atoms with Crippen LogP contribution in [0.15, 0.2) is 162 Å². The second-order valence-electron chi connectivity index (χ2n) is 14.5. The summed E-state index contributed by atoms with van der Waals surface area (Å²) in [6, 6.07) is 54.4. The first-order chi connectivity index (χ1) is 25.5. The van der Waals surface area contributed by atoms with E-state index in [1.165, 1.54) is 44.2 Å². The summed E-state index contributed by atoms with van der Waals surface area (Å²) in [5.74, 6) is 0. The molecule has 0 aliphatic heterocycles. The van der Waals surface area contributed by atoms with Crippen LogP contribution < -0.4 is 0 Å². The summed E-state index contributed by atoms with van der Waals surface area (Å²) in [6.45, 7) is 4.68. The molecule has 2 heterocycles. The van der Waals surface area contributed by atoms with Crippen molar-refractivity contribution in [2.45, 2.75) is 19.3 Å². The molecular formula is C49H32N2O. The standard InChI is InChI=1S/C49H32N2O/c1-49(2)42-26-31(29-18-20-30(21-19-29)33-15-9-16-41-38-12-7-8-17-45(38)52-48(33)41)22-24-36(42)37-25-23-32(27-43(37)49)44-28-50-46-39-13-5-3-10-34(39)35-11-4-6-14-40(35)47(46)51-44/h3-28H,1-2H3. The van der Waals surface area contributed by atoms with Crippen LogP contribution in [0.3, 0.4) is 0 Å². The molecule has 0 fully saturated rings. The third-order valence-corrected chi connectivity index (χ3v) is 11.3. The Morgan fingerprint density at radius 1 is 0.442 bits per heavy atom. The van der Waals surface area contributed by atoms with Crippen molar-refractivity contribution in [3.63, 3.8) is 0 Å². The van der Waals surface area contributed by atoms with Crippen LogP contribution in [-0.4, -0.2) is 9.97 Å². The van der Waals surface area contributed by atoms with Crippen LogP contribution in [0.2, 0.25) is 0 Å². The van der Waals surface area contributed by atoms with E-state index in [1.807, 2.05) is 18.3 Å². The lowest BCUT2D eigenvalue weighted by atomic mass is 9.81. The number of rotatable bonds is 3. The summed E-state index contributed by atoms with van der Waals surface area (Å²) in [5, 5.41) is 6.98. The second-order valence-corrected chi connectivity index (χ2v) is 14.5. The Morgan fingerprint density at radius 3 is 1.73 bits per heavy atom. The maximum absolute atomic E-state index is 6.34. The highest BCUT2D eigenvalue weighted by Gasteiger charge is 2.36. The van der Waals surface area contributed by atoms with Gasteiger partial charge in [0, 0.05) is 38.1 Å². The molecule has 1 aliphatic carbocycles. The highest BCUT2D eigenvalue weighted by atomic mass is 16.3. The molecule has 0 bridgehead atoms.